The van der Waals surface area contributed by atoms with E-state index in [2.05, 4.69) is 34.7 Å². The Kier molecular flexibility index (Phi) is 3.37. The lowest BCUT2D eigenvalue weighted by Crippen LogP contribution is -2.10. The van der Waals surface area contributed by atoms with E-state index in [0.717, 1.165) is 13.0 Å². The Balaban J connectivity index is 2.35. The van der Waals surface area contributed by atoms with Crippen molar-refractivity contribution >= 4 is 0 Å². The monoisotopic (exact) mass is 215 g/mol. The van der Waals surface area contributed by atoms with Crippen molar-refractivity contribution in [2.45, 2.75) is 6.42 Å². The quantitative estimate of drug-likeness (QED) is 0.843. The van der Waals surface area contributed by atoms with E-state index in [0.29, 0.717) is 0 Å². The first kappa shape index (κ1) is 10.9. The molecule has 0 amide bonds. The van der Waals surface area contributed by atoms with Crippen molar-refractivity contribution < 1.29 is 0 Å². The number of aromatic nitrogens is 2. The van der Waals surface area contributed by atoms with Gasteiger partial charge in [0.05, 0.1) is 11.9 Å². The molecule has 0 unspecified atom stereocenters. The van der Waals surface area contributed by atoms with Crippen molar-refractivity contribution in [3.63, 3.8) is 0 Å². The van der Waals surface area contributed by atoms with Crippen LogP contribution in [0.2, 0.25) is 0 Å². The molecule has 2 rings (SSSR count). The van der Waals surface area contributed by atoms with Crippen LogP contribution < -0.4 is 5.32 Å². The second-order valence-electron chi connectivity index (χ2n) is 3.86. The first-order chi connectivity index (χ1) is 7.83. The van der Waals surface area contributed by atoms with E-state index < -0.39 is 0 Å². The van der Waals surface area contributed by atoms with Gasteiger partial charge in [0, 0.05) is 12.6 Å². The Labute approximate surface area is 96.1 Å². The molecule has 84 valence electrons. The molecule has 2 aromatic rings. The molecule has 0 bridgehead atoms. The molecule has 1 aromatic heterocycles. The van der Waals surface area contributed by atoms with E-state index in [9.17, 15) is 0 Å². The maximum atomic E-state index is 4.33. The number of hydrogen-bond donors (Lipinski definition) is 1. The van der Waals surface area contributed by atoms with Gasteiger partial charge in [-0.2, -0.15) is 5.10 Å². The Morgan fingerprint density at radius 3 is 2.69 bits per heavy atom. The maximum absolute atomic E-state index is 4.33. The number of aryl methyl sites for hydroxylation is 1. The molecule has 0 atom stereocenters. The molecule has 0 radical (unpaired) electrons. The molecule has 0 aliphatic heterocycles. The van der Waals surface area contributed by atoms with E-state index in [1.54, 1.807) is 0 Å². The number of rotatable bonds is 4. The largest absolute Gasteiger partial charge is 0.319 e. The molecule has 3 heteroatoms. The zero-order valence-corrected chi connectivity index (χ0v) is 9.77. The third kappa shape index (κ3) is 2.14. The lowest BCUT2D eigenvalue weighted by molar-refractivity contribution is 0.772. The highest BCUT2D eigenvalue weighted by atomic mass is 15.3. The molecule has 1 aromatic carbocycles. The fourth-order valence-corrected chi connectivity index (χ4v) is 1.89. The van der Waals surface area contributed by atoms with Crippen LogP contribution in [0.15, 0.2) is 36.5 Å². The SMILES string of the molecule is CNCCc1cnn(C)c1-c1ccccc1. The molecule has 0 spiro atoms. The number of nitrogens with one attached hydrogen (secondary N) is 1. The van der Waals surface area contributed by atoms with Crippen molar-refractivity contribution in [1.29, 1.82) is 0 Å². The van der Waals surface area contributed by atoms with Crippen LogP contribution in [-0.4, -0.2) is 23.4 Å². The molecule has 0 fully saturated rings. The minimum Gasteiger partial charge on any atom is -0.319 e. The van der Waals surface area contributed by atoms with Gasteiger partial charge in [-0.1, -0.05) is 30.3 Å². The predicted octanol–water partition coefficient (Wildman–Crippen LogP) is 1.85. The summed E-state index contributed by atoms with van der Waals surface area (Å²) in [6.45, 7) is 0.978. The molecule has 0 saturated heterocycles. The third-order valence-electron chi connectivity index (χ3n) is 2.71. The number of likely N-dealkylation sites (N-methyl/N-ethyl adjacent to an activating group) is 1. The van der Waals surface area contributed by atoms with E-state index >= 15 is 0 Å². The molecule has 1 heterocycles. The second kappa shape index (κ2) is 4.94. The predicted molar refractivity (Wildman–Crippen MR) is 66.3 cm³/mol. The van der Waals surface area contributed by atoms with Gasteiger partial charge in [0.25, 0.3) is 0 Å². The van der Waals surface area contributed by atoms with Crippen LogP contribution in [0.25, 0.3) is 11.3 Å². The molecular weight excluding hydrogens is 198 g/mol. The summed E-state index contributed by atoms with van der Waals surface area (Å²) in [6, 6.07) is 10.4. The summed E-state index contributed by atoms with van der Waals surface area (Å²) < 4.78 is 1.94. The van der Waals surface area contributed by atoms with Crippen LogP contribution in [0.5, 0.6) is 0 Å². The van der Waals surface area contributed by atoms with Crippen LogP contribution in [-0.2, 0) is 13.5 Å². The average molecular weight is 215 g/mol. The summed E-state index contributed by atoms with van der Waals surface area (Å²) in [4.78, 5) is 0. The van der Waals surface area contributed by atoms with Gasteiger partial charge in [-0.15, -0.1) is 0 Å². The standard InChI is InChI=1S/C13H17N3/c1-14-9-8-12-10-15-16(2)13(12)11-6-4-3-5-7-11/h3-7,10,14H,8-9H2,1-2H3. The van der Waals surface area contributed by atoms with Crippen LogP contribution in [0, 0.1) is 0 Å². The van der Waals surface area contributed by atoms with Crippen LogP contribution >= 0.6 is 0 Å². The molecule has 1 N–H and O–H groups in total. The van der Waals surface area contributed by atoms with Crippen molar-refractivity contribution in [3.05, 3.63) is 42.1 Å². The smallest absolute Gasteiger partial charge is 0.0711 e. The van der Waals surface area contributed by atoms with E-state index in [4.69, 9.17) is 0 Å². The fraction of sp³-hybridized carbons (Fsp3) is 0.308. The van der Waals surface area contributed by atoms with Gasteiger partial charge >= 0.3 is 0 Å². The van der Waals surface area contributed by atoms with Gasteiger partial charge in [0.1, 0.15) is 0 Å². The summed E-state index contributed by atoms with van der Waals surface area (Å²) in [5.74, 6) is 0. The Morgan fingerprint density at radius 1 is 1.25 bits per heavy atom. The zero-order chi connectivity index (χ0) is 11.4. The van der Waals surface area contributed by atoms with Gasteiger partial charge in [-0.3, -0.25) is 4.68 Å². The number of nitrogens with zero attached hydrogens (tertiary/aromatic N) is 2. The molecule has 0 aliphatic carbocycles. The zero-order valence-electron chi connectivity index (χ0n) is 9.77. The lowest BCUT2D eigenvalue weighted by Gasteiger charge is -2.06. The highest BCUT2D eigenvalue weighted by Crippen LogP contribution is 2.22. The minimum atomic E-state index is 0.978. The summed E-state index contributed by atoms with van der Waals surface area (Å²) in [5.41, 5.74) is 3.74. The van der Waals surface area contributed by atoms with Crippen LogP contribution in [0.4, 0.5) is 0 Å². The highest BCUT2D eigenvalue weighted by molar-refractivity contribution is 5.63. The van der Waals surface area contributed by atoms with E-state index in [1.807, 2.05) is 31.0 Å². The van der Waals surface area contributed by atoms with Gasteiger partial charge in [-0.05, 0) is 25.6 Å². The fourth-order valence-electron chi connectivity index (χ4n) is 1.89. The Morgan fingerprint density at radius 2 is 2.00 bits per heavy atom. The lowest BCUT2D eigenvalue weighted by atomic mass is 10.1. The van der Waals surface area contributed by atoms with Gasteiger partial charge in [0.15, 0.2) is 0 Å². The Hall–Kier alpha value is -1.61. The first-order valence-electron chi connectivity index (χ1n) is 5.54. The van der Waals surface area contributed by atoms with E-state index in [-0.39, 0.29) is 0 Å². The van der Waals surface area contributed by atoms with Gasteiger partial charge in [-0.25, -0.2) is 0 Å². The van der Waals surface area contributed by atoms with Gasteiger partial charge in [0.2, 0.25) is 0 Å². The highest BCUT2D eigenvalue weighted by Gasteiger charge is 2.09. The summed E-state index contributed by atoms with van der Waals surface area (Å²) in [5, 5.41) is 7.50. The van der Waals surface area contributed by atoms with Crippen molar-refractivity contribution in [1.82, 2.24) is 15.1 Å². The molecule has 16 heavy (non-hydrogen) atoms. The normalized spacial score (nSPS) is 10.6. The van der Waals surface area contributed by atoms with Crippen LogP contribution in [0.3, 0.4) is 0 Å². The summed E-state index contributed by atoms with van der Waals surface area (Å²) in [6.07, 6.45) is 2.97. The molecule has 0 saturated carbocycles. The van der Waals surface area contributed by atoms with Crippen molar-refractivity contribution in [2.75, 3.05) is 13.6 Å². The number of benzene rings is 1. The molecule has 0 aliphatic rings. The molecular formula is C13H17N3. The molecule has 3 nitrogen and oxygen atoms in total. The average Bonchev–Trinajstić information content (AvgIpc) is 2.69. The summed E-state index contributed by atoms with van der Waals surface area (Å²) >= 11 is 0. The van der Waals surface area contributed by atoms with Crippen molar-refractivity contribution in [2.24, 2.45) is 7.05 Å². The maximum Gasteiger partial charge on any atom is 0.0711 e. The van der Waals surface area contributed by atoms with Crippen LogP contribution in [0.1, 0.15) is 5.56 Å². The minimum absolute atomic E-state index is 0.978. The third-order valence-corrected chi connectivity index (χ3v) is 2.71. The number of hydrogen-bond acceptors (Lipinski definition) is 2. The topological polar surface area (TPSA) is 29.9 Å². The first-order valence-corrected chi connectivity index (χ1v) is 5.54. The van der Waals surface area contributed by atoms with Crippen molar-refractivity contribution in [3.8, 4) is 11.3 Å². The second-order valence-corrected chi connectivity index (χ2v) is 3.86. The Bertz CT molecular complexity index is 445. The van der Waals surface area contributed by atoms with Gasteiger partial charge < -0.3 is 5.32 Å². The summed E-state index contributed by atoms with van der Waals surface area (Å²) in [7, 11) is 3.96. The van der Waals surface area contributed by atoms with E-state index in [1.165, 1.54) is 16.8 Å².